The Kier molecular flexibility index (Phi) is 3.32. The van der Waals surface area contributed by atoms with Gasteiger partial charge >= 0.3 is 6.36 Å². The van der Waals surface area contributed by atoms with E-state index in [0.29, 0.717) is 11.1 Å². The van der Waals surface area contributed by atoms with Crippen LogP contribution in [0.4, 0.5) is 13.2 Å². The number of hydrogen-bond donors (Lipinski definition) is 1. The standard InChI is InChI=1S/C13H7ClF3N3O2/c14-10-5-11(21)19-12-9(6-18-20(10)12)7-2-1-3-8(4-7)22-13(15,16)17/h1-6H,(H,19,21). The zero-order valence-corrected chi connectivity index (χ0v) is 11.4. The molecule has 3 rings (SSSR count). The van der Waals surface area contributed by atoms with Crippen LogP contribution in [0.25, 0.3) is 16.8 Å². The highest BCUT2D eigenvalue weighted by Gasteiger charge is 2.31. The van der Waals surface area contributed by atoms with Crippen molar-refractivity contribution < 1.29 is 17.9 Å². The highest BCUT2D eigenvalue weighted by molar-refractivity contribution is 6.29. The number of alkyl halides is 3. The summed E-state index contributed by atoms with van der Waals surface area (Å²) in [5.41, 5.74) is 0.658. The molecule has 0 amide bonds. The van der Waals surface area contributed by atoms with Gasteiger partial charge in [-0.05, 0) is 17.7 Å². The second-order valence-corrected chi connectivity index (χ2v) is 4.74. The summed E-state index contributed by atoms with van der Waals surface area (Å²) < 4.78 is 42.0. The van der Waals surface area contributed by atoms with E-state index in [1.165, 1.54) is 28.9 Å². The average Bonchev–Trinajstić information content (AvgIpc) is 2.81. The van der Waals surface area contributed by atoms with Crippen LogP contribution in [-0.4, -0.2) is 21.0 Å². The molecular weight excluding hydrogens is 323 g/mol. The fourth-order valence-corrected chi connectivity index (χ4v) is 2.25. The van der Waals surface area contributed by atoms with Crippen LogP contribution in [0.1, 0.15) is 0 Å². The Morgan fingerprint density at radius 2 is 2.05 bits per heavy atom. The molecule has 0 aliphatic rings. The van der Waals surface area contributed by atoms with Crippen molar-refractivity contribution in [1.29, 1.82) is 0 Å². The number of H-pyrrole nitrogens is 1. The van der Waals surface area contributed by atoms with Crippen molar-refractivity contribution in [2.75, 3.05) is 0 Å². The van der Waals surface area contributed by atoms with Crippen molar-refractivity contribution in [2.24, 2.45) is 0 Å². The summed E-state index contributed by atoms with van der Waals surface area (Å²) in [4.78, 5) is 14.0. The van der Waals surface area contributed by atoms with Gasteiger partial charge in [0.1, 0.15) is 16.5 Å². The van der Waals surface area contributed by atoms with Gasteiger partial charge in [-0.15, -0.1) is 13.2 Å². The maximum atomic E-state index is 12.3. The lowest BCUT2D eigenvalue weighted by Gasteiger charge is -2.09. The minimum absolute atomic E-state index is 0.0905. The summed E-state index contributed by atoms with van der Waals surface area (Å²) in [5.74, 6) is -0.367. The van der Waals surface area contributed by atoms with Crippen molar-refractivity contribution in [3.63, 3.8) is 0 Å². The van der Waals surface area contributed by atoms with Crippen molar-refractivity contribution in [3.8, 4) is 16.9 Å². The van der Waals surface area contributed by atoms with Crippen LogP contribution in [0.3, 0.4) is 0 Å². The molecule has 1 N–H and O–H groups in total. The van der Waals surface area contributed by atoms with Crippen molar-refractivity contribution in [1.82, 2.24) is 14.6 Å². The van der Waals surface area contributed by atoms with Crippen LogP contribution >= 0.6 is 11.6 Å². The third-order valence-electron chi connectivity index (χ3n) is 2.84. The van der Waals surface area contributed by atoms with Gasteiger partial charge in [0.15, 0.2) is 0 Å². The Morgan fingerprint density at radius 1 is 1.27 bits per heavy atom. The predicted molar refractivity (Wildman–Crippen MR) is 72.9 cm³/mol. The van der Waals surface area contributed by atoms with Crippen LogP contribution in [0.2, 0.25) is 5.15 Å². The molecule has 3 aromatic rings. The summed E-state index contributed by atoms with van der Waals surface area (Å²) in [6.07, 6.45) is -3.39. The first-order valence-corrected chi connectivity index (χ1v) is 6.34. The number of hydrogen-bond acceptors (Lipinski definition) is 3. The molecule has 0 aliphatic heterocycles. The third-order valence-corrected chi connectivity index (χ3v) is 3.11. The zero-order valence-electron chi connectivity index (χ0n) is 10.7. The lowest BCUT2D eigenvalue weighted by atomic mass is 10.1. The summed E-state index contributed by atoms with van der Waals surface area (Å²) in [7, 11) is 0. The molecular formula is C13H7ClF3N3O2. The van der Waals surface area contributed by atoms with Gasteiger partial charge in [0.25, 0.3) is 5.56 Å². The van der Waals surface area contributed by atoms with E-state index < -0.39 is 11.9 Å². The van der Waals surface area contributed by atoms with Gasteiger partial charge in [0, 0.05) is 11.6 Å². The Balaban J connectivity index is 2.12. The molecule has 0 atom stereocenters. The van der Waals surface area contributed by atoms with Crippen LogP contribution in [0.5, 0.6) is 5.75 Å². The SMILES string of the molecule is O=c1cc(Cl)n2ncc(-c3cccc(OC(F)(F)F)c3)c2[nH]1. The smallest absolute Gasteiger partial charge is 0.406 e. The van der Waals surface area contributed by atoms with E-state index in [-0.39, 0.29) is 16.5 Å². The first-order chi connectivity index (χ1) is 10.3. The highest BCUT2D eigenvalue weighted by atomic mass is 35.5. The quantitative estimate of drug-likeness (QED) is 0.734. The molecule has 5 nitrogen and oxygen atoms in total. The first-order valence-electron chi connectivity index (χ1n) is 5.96. The number of benzene rings is 1. The van der Waals surface area contributed by atoms with E-state index in [1.54, 1.807) is 6.07 Å². The molecule has 0 bridgehead atoms. The van der Waals surface area contributed by atoms with Gasteiger partial charge in [-0.3, -0.25) is 4.79 Å². The normalized spacial score (nSPS) is 11.8. The van der Waals surface area contributed by atoms with Crippen LogP contribution in [0, 0.1) is 0 Å². The van der Waals surface area contributed by atoms with Gasteiger partial charge in [-0.1, -0.05) is 23.7 Å². The number of ether oxygens (including phenoxy) is 1. The Hall–Kier alpha value is -2.48. The van der Waals surface area contributed by atoms with Crippen molar-refractivity contribution in [3.05, 3.63) is 52.0 Å². The van der Waals surface area contributed by atoms with Gasteiger partial charge in [0.05, 0.1) is 6.20 Å². The average molecular weight is 330 g/mol. The second kappa shape index (κ2) is 5.06. The molecule has 0 saturated carbocycles. The molecule has 0 saturated heterocycles. The van der Waals surface area contributed by atoms with E-state index in [9.17, 15) is 18.0 Å². The minimum Gasteiger partial charge on any atom is -0.406 e. The number of aromatic amines is 1. The van der Waals surface area contributed by atoms with Crippen molar-refractivity contribution in [2.45, 2.75) is 6.36 Å². The summed E-state index contributed by atoms with van der Waals surface area (Å²) >= 11 is 5.89. The lowest BCUT2D eigenvalue weighted by Crippen LogP contribution is -2.17. The van der Waals surface area contributed by atoms with E-state index in [0.717, 1.165) is 6.07 Å². The maximum Gasteiger partial charge on any atom is 0.573 e. The monoisotopic (exact) mass is 329 g/mol. The van der Waals surface area contributed by atoms with Gasteiger partial charge < -0.3 is 9.72 Å². The molecule has 0 fully saturated rings. The van der Waals surface area contributed by atoms with Gasteiger partial charge in [0.2, 0.25) is 0 Å². The molecule has 1 aromatic carbocycles. The number of rotatable bonds is 2. The predicted octanol–water partition coefficient (Wildman–Crippen LogP) is 3.24. The zero-order chi connectivity index (χ0) is 15.9. The maximum absolute atomic E-state index is 12.3. The van der Waals surface area contributed by atoms with E-state index >= 15 is 0 Å². The third kappa shape index (κ3) is 2.77. The number of fused-ring (bicyclic) bond motifs is 1. The van der Waals surface area contributed by atoms with Crippen LogP contribution in [-0.2, 0) is 0 Å². The van der Waals surface area contributed by atoms with Crippen LogP contribution in [0.15, 0.2) is 41.3 Å². The summed E-state index contributed by atoms with van der Waals surface area (Å²) in [6.45, 7) is 0. The largest absolute Gasteiger partial charge is 0.573 e. The highest BCUT2D eigenvalue weighted by Crippen LogP contribution is 2.29. The first kappa shape index (κ1) is 14.5. The van der Waals surface area contributed by atoms with Gasteiger partial charge in [-0.25, -0.2) is 4.52 Å². The van der Waals surface area contributed by atoms with Crippen molar-refractivity contribution >= 4 is 17.2 Å². The molecule has 114 valence electrons. The summed E-state index contributed by atoms with van der Waals surface area (Å²) in [6, 6.07) is 6.50. The molecule has 2 aromatic heterocycles. The second-order valence-electron chi connectivity index (χ2n) is 4.35. The minimum atomic E-state index is -4.78. The molecule has 0 spiro atoms. The molecule has 9 heteroatoms. The fourth-order valence-electron chi connectivity index (χ4n) is 2.02. The Bertz CT molecular complexity index is 901. The molecule has 0 aliphatic carbocycles. The van der Waals surface area contributed by atoms with E-state index in [1.807, 2.05) is 0 Å². The molecule has 0 unspecified atom stereocenters. The number of nitrogens with zero attached hydrogens (tertiary/aromatic N) is 2. The number of nitrogens with one attached hydrogen (secondary N) is 1. The van der Waals surface area contributed by atoms with E-state index in [4.69, 9.17) is 11.6 Å². The lowest BCUT2D eigenvalue weighted by molar-refractivity contribution is -0.274. The van der Waals surface area contributed by atoms with Gasteiger partial charge in [-0.2, -0.15) is 5.10 Å². The van der Waals surface area contributed by atoms with Crippen LogP contribution < -0.4 is 10.3 Å². The molecule has 0 radical (unpaired) electrons. The number of aromatic nitrogens is 3. The fraction of sp³-hybridized carbons (Fsp3) is 0.0769. The number of halogens is 4. The molecule has 2 heterocycles. The van der Waals surface area contributed by atoms with E-state index in [2.05, 4.69) is 14.8 Å². The Morgan fingerprint density at radius 3 is 2.77 bits per heavy atom. The topological polar surface area (TPSA) is 59.4 Å². The molecule has 22 heavy (non-hydrogen) atoms. The Labute approximate surface area is 125 Å². The summed E-state index contributed by atoms with van der Waals surface area (Å²) in [5, 5.41) is 4.08.